The largest absolute Gasteiger partial charge is 0.466 e. The van der Waals surface area contributed by atoms with Crippen LogP contribution in [0.2, 0.25) is 0 Å². The summed E-state index contributed by atoms with van der Waals surface area (Å²) in [5, 5.41) is 7.53. The molecule has 162 valence electrons. The zero-order valence-corrected chi connectivity index (χ0v) is 18.6. The normalized spacial score (nSPS) is 26.3. The molecule has 3 aromatic rings. The summed E-state index contributed by atoms with van der Waals surface area (Å²) >= 11 is 0. The van der Waals surface area contributed by atoms with Crippen LogP contribution in [0, 0.1) is 6.92 Å². The van der Waals surface area contributed by atoms with Crippen LogP contribution in [0.1, 0.15) is 47.6 Å². The molecular weight excluding hydrogens is 394 g/mol. The second kappa shape index (κ2) is 7.79. The summed E-state index contributed by atoms with van der Waals surface area (Å²) in [4.78, 5) is 1.63. The highest BCUT2D eigenvalue weighted by molar-refractivity contribution is 6.02. The molecule has 6 rings (SSSR count). The van der Waals surface area contributed by atoms with E-state index in [0.29, 0.717) is 0 Å². The van der Waals surface area contributed by atoms with Gasteiger partial charge in [0.2, 0.25) is 5.72 Å². The minimum absolute atomic E-state index is 0.256. The van der Waals surface area contributed by atoms with Crippen LogP contribution in [0.4, 0.5) is 0 Å². The van der Waals surface area contributed by atoms with Gasteiger partial charge in [0, 0.05) is 17.5 Å². The van der Waals surface area contributed by atoms with E-state index in [1.54, 1.807) is 4.90 Å². The Labute approximate surface area is 190 Å². The summed E-state index contributed by atoms with van der Waals surface area (Å²) in [5.41, 5.74) is 6.02. The molecule has 0 radical (unpaired) electrons. The van der Waals surface area contributed by atoms with Crippen LogP contribution in [-0.2, 0) is 6.54 Å². The maximum absolute atomic E-state index is 6.78. The number of fused-ring (bicyclic) bond motifs is 4. The molecule has 4 nitrogen and oxygen atoms in total. The Morgan fingerprint density at radius 2 is 1.66 bits per heavy atom. The summed E-state index contributed by atoms with van der Waals surface area (Å²) in [5.74, 6) is 1.04. The van der Waals surface area contributed by atoms with Gasteiger partial charge in [-0.05, 0) is 18.6 Å². The van der Waals surface area contributed by atoms with Crippen molar-refractivity contribution in [2.24, 2.45) is 5.10 Å². The van der Waals surface area contributed by atoms with Crippen molar-refractivity contribution in [1.29, 1.82) is 0 Å². The lowest BCUT2D eigenvalue weighted by atomic mass is 9.90. The molecule has 0 saturated carbocycles. The van der Waals surface area contributed by atoms with Gasteiger partial charge in [-0.2, -0.15) is 5.10 Å². The summed E-state index contributed by atoms with van der Waals surface area (Å²) in [6, 6.07) is 28.4. The number of hydrazone groups is 1. The van der Waals surface area contributed by atoms with Crippen LogP contribution >= 0.6 is 0 Å². The molecule has 3 aromatic carbocycles. The van der Waals surface area contributed by atoms with Crippen molar-refractivity contribution in [3.8, 4) is 5.75 Å². The van der Waals surface area contributed by atoms with Crippen LogP contribution in [0.3, 0.4) is 0 Å². The van der Waals surface area contributed by atoms with E-state index in [4.69, 9.17) is 9.84 Å². The van der Waals surface area contributed by atoms with Crippen molar-refractivity contribution < 1.29 is 9.64 Å². The van der Waals surface area contributed by atoms with Crippen LogP contribution in [0.5, 0.6) is 5.75 Å². The number of hydrogen-bond donors (Lipinski definition) is 1. The summed E-state index contributed by atoms with van der Waals surface area (Å²) in [6.45, 7) is 5.40. The Kier molecular flexibility index (Phi) is 4.76. The number of aryl methyl sites for hydroxylation is 1. The molecule has 3 aliphatic rings. The van der Waals surface area contributed by atoms with Crippen LogP contribution in [0.25, 0.3) is 0 Å². The molecule has 1 atom stereocenters. The van der Waals surface area contributed by atoms with Crippen molar-refractivity contribution in [2.45, 2.75) is 44.5 Å². The van der Waals surface area contributed by atoms with Gasteiger partial charge in [0.05, 0.1) is 37.7 Å². The number of para-hydroxylation sites is 1. The molecule has 3 heterocycles. The third-order valence-corrected chi connectivity index (χ3v) is 7.33. The zero-order chi connectivity index (χ0) is 21.5. The first kappa shape index (κ1) is 19.6. The van der Waals surface area contributed by atoms with E-state index in [1.165, 1.54) is 28.0 Å². The topological polar surface area (TPSA) is 29.3 Å². The van der Waals surface area contributed by atoms with Crippen LogP contribution in [0.15, 0.2) is 84.0 Å². The van der Waals surface area contributed by atoms with Crippen molar-refractivity contribution in [3.05, 3.63) is 101 Å². The molecule has 0 amide bonds. The van der Waals surface area contributed by atoms with Gasteiger partial charge in [0.1, 0.15) is 12.3 Å². The van der Waals surface area contributed by atoms with Crippen molar-refractivity contribution in [2.75, 3.05) is 13.1 Å². The van der Waals surface area contributed by atoms with E-state index < -0.39 is 0 Å². The van der Waals surface area contributed by atoms with Crippen LogP contribution < -0.4 is 9.64 Å². The van der Waals surface area contributed by atoms with Crippen molar-refractivity contribution in [1.82, 2.24) is 5.01 Å². The molecule has 1 N–H and O–H groups in total. The monoisotopic (exact) mass is 424 g/mol. The van der Waals surface area contributed by atoms with Gasteiger partial charge in [-0.25, -0.2) is 5.01 Å². The van der Waals surface area contributed by atoms with Gasteiger partial charge in [-0.3, -0.25) is 0 Å². The van der Waals surface area contributed by atoms with E-state index >= 15 is 0 Å². The van der Waals surface area contributed by atoms with Gasteiger partial charge in [0.25, 0.3) is 0 Å². The van der Waals surface area contributed by atoms with E-state index in [0.717, 1.165) is 44.6 Å². The fraction of sp³-hybridized carbons (Fsp3) is 0.321. The number of likely N-dealkylation sites (tertiary alicyclic amines) is 1. The molecule has 0 aliphatic carbocycles. The molecular formula is C28H30N3O+. The lowest BCUT2D eigenvalue weighted by Crippen LogP contribution is -3.12. The predicted octanol–water partition coefficient (Wildman–Crippen LogP) is 4.11. The summed E-state index contributed by atoms with van der Waals surface area (Å²) in [6.07, 6.45) is 2.92. The lowest BCUT2D eigenvalue weighted by molar-refractivity contribution is -0.921. The number of quaternary nitrogens is 1. The third-order valence-electron chi connectivity index (χ3n) is 7.33. The second-order valence-corrected chi connectivity index (χ2v) is 9.48. The maximum Gasteiger partial charge on any atom is 0.208 e. The van der Waals surface area contributed by atoms with Crippen LogP contribution in [-0.4, -0.2) is 29.5 Å². The third kappa shape index (κ3) is 3.39. The number of hydrogen-bond acceptors (Lipinski definition) is 3. The highest BCUT2D eigenvalue weighted by Gasteiger charge is 2.52. The number of nitrogens with one attached hydrogen (secondary N) is 1. The molecule has 1 saturated heterocycles. The smallest absolute Gasteiger partial charge is 0.208 e. The summed E-state index contributed by atoms with van der Waals surface area (Å²) in [7, 11) is 0. The standard InChI is InChI=1S/C28H29N3O/c1-21-11-13-23(14-12-21)25-19-26-24-9-5-6-10-27(24)32-28(31(26)29-25)15-17-30(18-16-28)20-22-7-3-2-4-8-22/h2-14,26H,15-20H2,1H3/p+1/t26-/m0/s1. The maximum atomic E-state index is 6.78. The minimum atomic E-state index is -0.342. The molecule has 1 spiro atoms. The average Bonchev–Trinajstić information content (AvgIpc) is 3.29. The zero-order valence-electron chi connectivity index (χ0n) is 18.6. The van der Waals surface area contributed by atoms with Gasteiger partial charge in [-0.1, -0.05) is 78.4 Å². The van der Waals surface area contributed by atoms with Gasteiger partial charge in [0.15, 0.2) is 0 Å². The van der Waals surface area contributed by atoms with Gasteiger partial charge >= 0.3 is 0 Å². The van der Waals surface area contributed by atoms with E-state index in [1.807, 2.05) is 0 Å². The molecule has 32 heavy (non-hydrogen) atoms. The second-order valence-electron chi connectivity index (χ2n) is 9.48. The molecule has 0 aromatic heterocycles. The van der Waals surface area contributed by atoms with Crippen molar-refractivity contribution in [3.63, 3.8) is 0 Å². The Balaban J connectivity index is 1.29. The first-order chi connectivity index (χ1) is 15.7. The first-order valence-electron chi connectivity index (χ1n) is 11.8. The fourth-order valence-electron chi connectivity index (χ4n) is 5.54. The van der Waals surface area contributed by atoms with Gasteiger partial charge < -0.3 is 9.64 Å². The van der Waals surface area contributed by atoms with E-state index in [2.05, 4.69) is 90.8 Å². The minimum Gasteiger partial charge on any atom is -0.466 e. The average molecular weight is 425 g/mol. The number of benzene rings is 3. The Hall–Kier alpha value is -3.11. The lowest BCUT2D eigenvalue weighted by Gasteiger charge is -2.50. The molecule has 1 fully saturated rings. The van der Waals surface area contributed by atoms with Crippen molar-refractivity contribution >= 4 is 5.71 Å². The predicted molar refractivity (Wildman–Crippen MR) is 127 cm³/mol. The van der Waals surface area contributed by atoms with Gasteiger partial charge in [-0.15, -0.1) is 0 Å². The molecule has 0 bridgehead atoms. The summed E-state index contributed by atoms with van der Waals surface area (Å²) < 4.78 is 6.78. The highest BCUT2D eigenvalue weighted by Crippen LogP contribution is 2.49. The number of rotatable bonds is 3. The Bertz CT molecular complexity index is 1130. The quantitative estimate of drug-likeness (QED) is 0.686. The van der Waals surface area contributed by atoms with E-state index in [-0.39, 0.29) is 11.8 Å². The molecule has 4 heteroatoms. The molecule has 0 unspecified atom stereocenters. The number of piperidine rings is 1. The Morgan fingerprint density at radius 1 is 0.938 bits per heavy atom. The van der Waals surface area contributed by atoms with E-state index in [9.17, 15) is 0 Å². The fourth-order valence-corrected chi connectivity index (χ4v) is 5.54. The number of nitrogens with zero attached hydrogens (tertiary/aromatic N) is 2. The molecule has 3 aliphatic heterocycles. The first-order valence-corrected chi connectivity index (χ1v) is 11.8. The SMILES string of the molecule is Cc1ccc(C2=NN3[C@@H](C2)c2ccccc2OC32CC[NH+](Cc3ccccc3)CC2)cc1. The highest BCUT2D eigenvalue weighted by atomic mass is 16.5. The number of ether oxygens (including phenoxy) is 1. The Morgan fingerprint density at radius 3 is 2.44 bits per heavy atom.